The van der Waals surface area contributed by atoms with E-state index in [0.29, 0.717) is 15.9 Å². The molecule has 0 fully saturated rings. The van der Waals surface area contributed by atoms with Crippen LogP contribution < -0.4 is 0 Å². The second-order valence-electron chi connectivity index (χ2n) is 3.25. The molecule has 0 amide bonds. The van der Waals surface area contributed by atoms with Crippen LogP contribution in [0.4, 0.5) is 5.69 Å². The van der Waals surface area contributed by atoms with Gasteiger partial charge in [0.05, 0.1) is 10.5 Å². The SMILES string of the molecule is CC/C(=C/c1ccc(Br)cc1[N+](=O)[O-])CCl. The Bertz CT molecular complexity index is 426. The van der Waals surface area contributed by atoms with Crippen molar-refractivity contribution >= 4 is 39.3 Å². The van der Waals surface area contributed by atoms with E-state index in [1.54, 1.807) is 18.2 Å². The first kappa shape index (κ1) is 13.2. The summed E-state index contributed by atoms with van der Waals surface area (Å²) < 4.78 is 0.695. The molecule has 0 N–H and O–H groups in total. The molecule has 0 saturated carbocycles. The fourth-order valence-corrected chi connectivity index (χ4v) is 1.87. The van der Waals surface area contributed by atoms with Gasteiger partial charge in [-0.05, 0) is 24.6 Å². The monoisotopic (exact) mass is 303 g/mol. The Morgan fingerprint density at radius 1 is 1.62 bits per heavy atom. The third-order valence-electron chi connectivity index (χ3n) is 2.17. The summed E-state index contributed by atoms with van der Waals surface area (Å²) in [4.78, 5) is 10.5. The number of nitrogens with zero attached hydrogens (tertiary/aromatic N) is 1. The lowest BCUT2D eigenvalue weighted by molar-refractivity contribution is -0.385. The maximum absolute atomic E-state index is 10.9. The fourth-order valence-electron chi connectivity index (χ4n) is 1.25. The molecule has 0 spiro atoms. The molecule has 86 valence electrons. The first-order chi connectivity index (χ1) is 7.58. The van der Waals surface area contributed by atoms with E-state index >= 15 is 0 Å². The molecule has 16 heavy (non-hydrogen) atoms. The third-order valence-corrected chi connectivity index (χ3v) is 3.01. The highest BCUT2D eigenvalue weighted by molar-refractivity contribution is 9.10. The molecule has 0 unspecified atom stereocenters. The molecule has 1 aromatic rings. The van der Waals surface area contributed by atoms with Gasteiger partial charge in [-0.15, -0.1) is 11.6 Å². The number of nitro groups is 1. The van der Waals surface area contributed by atoms with E-state index in [2.05, 4.69) is 15.9 Å². The van der Waals surface area contributed by atoms with E-state index in [-0.39, 0.29) is 5.69 Å². The number of nitro benzene ring substituents is 1. The second-order valence-corrected chi connectivity index (χ2v) is 4.43. The van der Waals surface area contributed by atoms with Gasteiger partial charge < -0.3 is 0 Å². The van der Waals surface area contributed by atoms with Crippen LogP contribution in [0, 0.1) is 10.1 Å². The van der Waals surface area contributed by atoms with Gasteiger partial charge in [-0.3, -0.25) is 10.1 Å². The van der Waals surface area contributed by atoms with Crippen LogP contribution in [-0.4, -0.2) is 10.8 Å². The van der Waals surface area contributed by atoms with Crippen molar-refractivity contribution in [2.24, 2.45) is 0 Å². The number of allylic oxidation sites excluding steroid dienone is 1. The molecule has 0 aliphatic rings. The highest BCUT2D eigenvalue weighted by atomic mass is 79.9. The summed E-state index contributed by atoms with van der Waals surface area (Å²) >= 11 is 8.95. The Morgan fingerprint density at radius 2 is 2.31 bits per heavy atom. The number of rotatable bonds is 4. The van der Waals surface area contributed by atoms with Crippen LogP contribution >= 0.6 is 27.5 Å². The highest BCUT2D eigenvalue weighted by Crippen LogP contribution is 2.26. The second kappa shape index (κ2) is 6.01. The number of benzene rings is 1. The van der Waals surface area contributed by atoms with Crippen LogP contribution in [0.2, 0.25) is 0 Å². The Kier molecular flexibility index (Phi) is 4.96. The standard InChI is InChI=1S/C11H11BrClNO2/c1-2-8(7-13)5-9-3-4-10(12)6-11(9)14(15)16/h3-6H,2,7H2,1H3/b8-5-. The first-order valence-electron chi connectivity index (χ1n) is 4.77. The molecule has 0 radical (unpaired) electrons. The lowest BCUT2D eigenvalue weighted by Crippen LogP contribution is -1.92. The first-order valence-corrected chi connectivity index (χ1v) is 6.10. The third kappa shape index (κ3) is 3.32. The van der Waals surface area contributed by atoms with Crippen LogP contribution in [0.5, 0.6) is 0 Å². The highest BCUT2D eigenvalue weighted by Gasteiger charge is 2.12. The van der Waals surface area contributed by atoms with Crippen molar-refractivity contribution in [3.8, 4) is 0 Å². The van der Waals surface area contributed by atoms with Crippen LogP contribution in [-0.2, 0) is 0 Å². The van der Waals surface area contributed by atoms with E-state index in [9.17, 15) is 10.1 Å². The number of hydrogen-bond donors (Lipinski definition) is 0. The summed E-state index contributed by atoms with van der Waals surface area (Å²) in [6.45, 7) is 1.97. The van der Waals surface area contributed by atoms with Crippen molar-refractivity contribution in [2.45, 2.75) is 13.3 Å². The van der Waals surface area contributed by atoms with Crippen molar-refractivity contribution in [1.29, 1.82) is 0 Å². The van der Waals surface area contributed by atoms with Crippen molar-refractivity contribution in [1.82, 2.24) is 0 Å². The molecule has 0 heterocycles. The number of halogens is 2. The number of alkyl halides is 1. The van der Waals surface area contributed by atoms with Gasteiger partial charge >= 0.3 is 0 Å². The van der Waals surface area contributed by atoms with Gasteiger partial charge in [0, 0.05) is 16.4 Å². The lowest BCUT2D eigenvalue weighted by atomic mass is 10.1. The van der Waals surface area contributed by atoms with E-state index < -0.39 is 4.92 Å². The Morgan fingerprint density at radius 3 is 2.81 bits per heavy atom. The maximum atomic E-state index is 10.9. The summed E-state index contributed by atoms with van der Waals surface area (Å²) in [5.74, 6) is 0.393. The van der Waals surface area contributed by atoms with Gasteiger partial charge in [-0.25, -0.2) is 0 Å². The maximum Gasteiger partial charge on any atom is 0.277 e. The Labute approximate surface area is 107 Å². The normalized spacial score (nSPS) is 11.6. The fraction of sp³-hybridized carbons (Fsp3) is 0.273. The van der Waals surface area contributed by atoms with E-state index in [1.165, 1.54) is 6.07 Å². The molecule has 1 rings (SSSR count). The molecule has 5 heteroatoms. The van der Waals surface area contributed by atoms with Crippen molar-refractivity contribution in [3.05, 3.63) is 43.9 Å². The lowest BCUT2D eigenvalue weighted by Gasteiger charge is -2.01. The zero-order chi connectivity index (χ0) is 12.1. The van der Waals surface area contributed by atoms with Gasteiger partial charge in [0.25, 0.3) is 5.69 Å². The van der Waals surface area contributed by atoms with Gasteiger partial charge in [-0.2, -0.15) is 0 Å². The molecule has 0 bridgehead atoms. The molecule has 3 nitrogen and oxygen atoms in total. The minimum absolute atomic E-state index is 0.0884. The molecular formula is C11H11BrClNO2. The van der Waals surface area contributed by atoms with Gasteiger partial charge in [0.1, 0.15) is 0 Å². The van der Waals surface area contributed by atoms with Crippen LogP contribution in [0.15, 0.2) is 28.2 Å². The van der Waals surface area contributed by atoms with Crippen molar-refractivity contribution < 1.29 is 4.92 Å². The summed E-state index contributed by atoms with van der Waals surface area (Å²) in [5, 5.41) is 10.9. The quantitative estimate of drug-likeness (QED) is 0.470. The summed E-state index contributed by atoms with van der Waals surface area (Å²) in [5.41, 5.74) is 1.66. The predicted molar refractivity (Wildman–Crippen MR) is 69.8 cm³/mol. The topological polar surface area (TPSA) is 43.1 Å². The molecule has 0 atom stereocenters. The summed E-state index contributed by atoms with van der Waals surface area (Å²) in [6, 6.07) is 4.98. The molecule has 1 aromatic carbocycles. The Balaban J connectivity index is 3.22. The average Bonchev–Trinajstić information content (AvgIpc) is 2.27. The minimum Gasteiger partial charge on any atom is -0.258 e. The van der Waals surface area contributed by atoms with E-state index in [1.807, 2.05) is 6.92 Å². The van der Waals surface area contributed by atoms with Crippen molar-refractivity contribution in [2.75, 3.05) is 5.88 Å². The zero-order valence-corrected chi connectivity index (χ0v) is 11.1. The van der Waals surface area contributed by atoms with Gasteiger partial charge in [0.15, 0.2) is 0 Å². The zero-order valence-electron chi connectivity index (χ0n) is 8.74. The summed E-state index contributed by atoms with van der Waals surface area (Å²) in [7, 11) is 0. The molecule has 0 aliphatic heterocycles. The van der Waals surface area contributed by atoms with Crippen LogP contribution in [0.1, 0.15) is 18.9 Å². The van der Waals surface area contributed by atoms with E-state index in [4.69, 9.17) is 11.6 Å². The molecule has 0 saturated heterocycles. The molecule has 0 aromatic heterocycles. The van der Waals surface area contributed by atoms with Crippen LogP contribution in [0.3, 0.4) is 0 Å². The molecular weight excluding hydrogens is 293 g/mol. The Hall–Kier alpha value is -0.870. The largest absolute Gasteiger partial charge is 0.277 e. The van der Waals surface area contributed by atoms with E-state index in [0.717, 1.165) is 12.0 Å². The molecule has 0 aliphatic carbocycles. The smallest absolute Gasteiger partial charge is 0.258 e. The minimum atomic E-state index is -0.391. The van der Waals surface area contributed by atoms with Gasteiger partial charge in [-0.1, -0.05) is 28.4 Å². The van der Waals surface area contributed by atoms with Crippen molar-refractivity contribution in [3.63, 3.8) is 0 Å². The van der Waals surface area contributed by atoms with Crippen LogP contribution in [0.25, 0.3) is 6.08 Å². The van der Waals surface area contributed by atoms with Gasteiger partial charge in [0.2, 0.25) is 0 Å². The predicted octanol–water partition coefficient (Wildman–Crippen LogP) is 4.39. The number of hydrogen-bond acceptors (Lipinski definition) is 2. The summed E-state index contributed by atoms with van der Waals surface area (Å²) in [6.07, 6.45) is 2.56. The average molecular weight is 305 g/mol.